The first kappa shape index (κ1) is 14.1. The second kappa shape index (κ2) is 7.37. The van der Waals surface area contributed by atoms with E-state index in [1.54, 1.807) is 0 Å². The number of nitrogens with one attached hydrogen (secondary N) is 2. The summed E-state index contributed by atoms with van der Waals surface area (Å²) in [6.07, 6.45) is 4.57. The van der Waals surface area contributed by atoms with Crippen molar-refractivity contribution in [2.45, 2.75) is 26.7 Å². The van der Waals surface area contributed by atoms with E-state index in [0.29, 0.717) is 0 Å². The average Bonchev–Trinajstić information content (AvgIpc) is 2.32. The second-order valence-corrected chi connectivity index (χ2v) is 4.96. The molecule has 1 aromatic rings. The van der Waals surface area contributed by atoms with Gasteiger partial charge in [0.25, 0.3) is 0 Å². The van der Waals surface area contributed by atoms with Crippen molar-refractivity contribution in [2.75, 3.05) is 36.2 Å². The fourth-order valence-electron chi connectivity index (χ4n) is 1.62. The van der Waals surface area contributed by atoms with Crippen LogP contribution < -0.4 is 10.6 Å². The van der Waals surface area contributed by atoms with Crippen molar-refractivity contribution in [1.82, 2.24) is 9.97 Å². The summed E-state index contributed by atoms with van der Waals surface area (Å²) in [5.74, 6) is 3.88. The lowest BCUT2D eigenvalue weighted by molar-refractivity contribution is 0.836. The summed E-state index contributed by atoms with van der Waals surface area (Å²) >= 11 is 1.90. The fraction of sp³-hybridized carbons (Fsp3) is 0.667. The zero-order valence-electron chi connectivity index (χ0n) is 11.1. The number of nitrogens with zero attached hydrogens (tertiary/aromatic N) is 2. The number of hydrogen-bond acceptors (Lipinski definition) is 5. The number of thioether (sulfide) groups is 1. The second-order valence-electron chi connectivity index (χ2n) is 3.97. The van der Waals surface area contributed by atoms with E-state index in [1.165, 1.54) is 18.6 Å². The molecular weight excluding hydrogens is 232 g/mol. The van der Waals surface area contributed by atoms with Gasteiger partial charge >= 0.3 is 0 Å². The molecule has 0 saturated carbocycles. The zero-order chi connectivity index (χ0) is 12.7. The first-order chi connectivity index (χ1) is 8.19. The number of unbranched alkanes of at least 4 members (excludes halogenated alkanes) is 1. The third-order valence-electron chi connectivity index (χ3n) is 2.56. The molecule has 1 aromatic heterocycles. The van der Waals surface area contributed by atoms with Gasteiger partial charge in [0.15, 0.2) is 0 Å². The van der Waals surface area contributed by atoms with Crippen molar-refractivity contribution in [3.63, 3.8) is 0 Å². The van der Waals surface area contributed by atoms with Gasteiger partial charge in [-0.25, -0.2) is 9.97 Å². The molecule has 0 fully saturated rings. The van der Waals surface area contributed by atoms with Gasteiger partial charge in [0, 0.05) is 19.2 Å². The Balaban J connectivity index is 2.55. The third kappa shape index (κ3) is 4.42. The minimum atomic E-state index is 0.798. The van der Waals surface area contributed by atoms with Crippen LogP contribution in [0.3, 0.4) is 0 Å². The third-order valence-corrected chi connectivity index (χ3v) is 3.26. The van der Waals surface area contributed by atoms with Crippen LogP contribution in [0.25, 0.3) is 0 Å². The van der Waals surface area contributed by atoms with Crippen molar-refractivity contribution in [2.24, 2.45) is 0 Å². The Bertz CT molecular complexity index is 355. The highest BCUT2D eigenvalue weighted by Crippen LogP contribution is 2.19. The molecular formula is C12H22N4S. The van der Waals surface area contributed by atoms with Gasteiger partial charge in [-0.15, -0.1) is 0 Å². The van der Waals surface area contributed by atoms with Gasteiger partial charge in [-0.05, 0) is 38.7 Å². The predicted molar refractivity (Wildman–Crippen MR) is 77.2 cm³/mol. The quantitative estimate of drug-likeness (QED) is 0.733. The smallest absolute Gasteiger partial charge is 0.134 e. The molecule has 0 radical (unpaired) electrons. The topological polar surface area (TPSA) is 49.8 Å². The molecule has 0 bridgehead atoms. The molecule has 4 nitrogen and oxygen atoms in total. The van der Waals surface area contributed by atoms with E-state index in [0.717, 1.165) is 29.6 Å². The van der Waals surface area contributed by atoms with E-state index >= 15 is 0 Å². The van der Waals surface area contributed by atoms with Gasteiger partial charge in [-0.1, -0.05) is 0 Å². The van der Waals surface area contributed by atoms with Crippen molar-refractivity contribution in [3.8, 4) is 0 Å². The van der Waals surface area contributed by atoms with Gasteiger partial charge in [0.1, 0.15) is 17.5 Å². The number of rotatable bonds is 7. The van der Waals surface area contributed by atoms with Crippen molar-refractivity contribution < 1.29 is 0 Å². The number of hydrogen-bond donors (Lipinski definition) is 2. The van der Waals surface area contributed by atoms with E-state index in [9.17, 15) is 0 Å². The molecule has 0 aliphatic rings. The Hall–Kier alpha value is -0.970. The van der Waals surface area contributed by atoms with Crippen LogP contribution in [0, 0.1) is 13.8 Å². The summed E-state index contributed by atoms with van der Waals surface area (Å²) in [7, 11) is 1.89. The maximum Gasteiger partial charge on any atom is 0.134 e. The van der Waals surface area contributed by atoms with E-state index in [1.807, 2.05) is 32.7 Å². The lowest BCUT2D eigenvalue weighted by Crippen LogP contribution is -2.09. The molecule has 0 amide bonds. The first-order valence-electron chi connectivity index (χ1n) is 5.94. The van der Waals surface area contributed by atoms with Crippen molar-refractivity contribution >= 4 is 23.4 Å². The van der Waals surface area contributed by atoms with Crippen LogP contribution in [0.4, 0.5) is 11.6 Å². The Morgan fingerprint density at radius 1 is 1.12 bits per heavy atom. The number of aromatic nitrogens is 2. The molecule has 0 spiro atoms. The average molecular weight is 254 g/mol. The SMILES string of the molecule is CNc1nc(C)nc(NCCCCSC)c1C. The Kier molecular flexibility index (Phi) is 6.11. The molecule has 0 aromatic carbocycles. The van der Waals surface area contributed by atoms with Crippen LogP contribution in [-0.4, -0.2) is 35.6 Å². The molecule has 0 saturated heterocycles. The predicted octanol–water partition coefficient (Wildman–Crippen LogP) is 2.69. The summed E-state index contributed by atoms with van der Waals surface area (Å²) in [4.78, 5) is 8.78. The molecule has 96 valence electrons. The maximum absolute atomic E-state index is 4.43. The Labute approximate surface area is 108 Å². The summed E-state index contributed by atoms with van der Waals surface area (Å²) in [5, 5.41) is 6.48. The van der Waals surface area contributed by atoms with E-state index < -0.39 is 0 Å². The van der Waals surface area contributed by atoms with Crippen molar-refractivity contribution in [3.05, 3.63) is 11.4 Å². The maximum atomic E-state index is 4.43. The number of anilines is 2. The Morgan fingerprint density at radius 3 is 2.47 bits per heavy atom. The summed E-state index contributed by atoms with van der Waals surface area (Å²) in [6, 6.07) is 0. The van der Waals surface area contributed by atoms with E-state index in [-0.39, 0.29) is 0 Å². The molecule has 0 aliphatic heterocycles. The van der Waals surface area contributed by atoms with Crippen LogP contribution in [0.15, 0.2) is 0 Å². The van der Waals surface area contributed by atoms with Gasteiger partial charge in [0.2, 0.25) is 0 Å². The standard InChI is InChI=1S/C12H22N4S/c1-9-11(13-3)15-10(2)16-12(9)14-7-5-6-8-17-4/h5-8H2,1-4H3,(H2,13,14,15,16). The summed E-state index contributed by atoms with van der Waals surface area (Å²) in [6.45, 7) is 4.93. The van der Waals surface area contributed by atoms with Crippen LogP contribution in [0.5, 0.6) is 0 Å². The lowest BCUT2D eigenvalue weighted by atomic mass is 10.3. The highest BCUT2D eigenvalue weighted by atomic mass is 32.2. The Morgan fingerprint density at radius 2 is 1.82 bits per heavy atom. The molecule has 1 rings (SSSR count). The molecule has 5 heteroatoms. The molecule has 1 heterocycles. The zero-order valence-corrected chi connectivity index (χ0v) is 11.9. The first-order valence-corrected chi connectivity index (χ1v) is 7.34. The van der Waals surface area contributed by atoms with Gasteiger partial charge in [-0.2, -0.15) is 11.8 Å². The van der Waals surface area contributed by atoms with Crippen LogP contribution in [-0.2, 0) is 0 Å². The number of aryl methyl sites for hydroxylation is 1. The van der Waals surface area contributed by atoms with Gasteiger partial charge < -0.3 is 10.6 Å². The van der Waals surface area contributed by atoms with Crippen molar-refractivity contribution in [1.29, 1.82) is 0 Å². The fourth-order valence-corrected chi connectivity index (χ4v) is 2.11. The van der Waals surface area contributed by atoms with E-state index in [2.05, 4.69) is 26.9 Å². The highest BCUT2D eigenvalue weighted by molar-refractivity contribution is 7.98. The van der Waals surface area contributed by atoms with Gasteiger partial charge in [-0.3, -0.25) is 0 Å². The minimum Gasteiger partial charge on any atom is -0.373 e. The van der Waals surface area contributed by atoms with Gasteiger partial charge in [0.05, 0.1) is 0 Å². The lowest BCUT2D eigenvalue weighted by Gasteiger charge is -2.12. The van der Waals surface area contributed by atoms with Crippen LogP contribution >= 0.6 is 11.8 Å². The highest BCUT2D eigenvalue weighted by Gasteiger charge is 2.06. The summed E-state index contributed by atoms with van der Waals surface area (Å²) in [5.41, 5.74) is 1.09. The molecule has 2 N–H and O–H groups in total. The van der Waals surface area contributed by atoms with Crippen LogP contribution in [0.2, 0.25) is 0 Å². The molecule has 0 aliphatic carbocycles. The largest absolute Gasteiger partial charge is 0.373 e. The minimum absolute atomic E-state index is 0.798. The molecule has 0 unspecified atom stereocenters. The normalized spacial score (nSPS) is 10.4. The summed E-state index contributed by atoms with van der Waals surface area (Å²) < 4.78 is 0. The van der Waals surface area contributed by atoms with Crippen LogP contribution in [0.1, 0.15) is 24.2 Å². The van der Waals surface area contributed by atoms with E-state index in [4.69, 9.17) is 0 Å². The molecule has 17 heavy (non-hydrogen) atoms. The monoisotopic (exact) mass is 254 g/mol. The molecule has 0 atom stereocenters.